The summed E-state index contributed by atoms with van der Waals surface area (Å²) in [5.41, 5.74) is 0. The summed E-state index contributed by atoms with van der Waals surface area (Å²) in [4.78, 5) is 4.05. The average Bonchev–Trinajstić information content (AvgIpc) is 2.67. The number of rotatable bonds is 6. The lowest BCUT2D eigenvalue weighted by molar-refractivity contribution is 0.565. The Balaban J connectivity index is 2.54. The number of hydrogen-bond acceptors (Lipinski definition) is 4. The van der Waals surface area contributed by atoms with Gasteiger partial charge in [0.2, 0.25) is 10.0 Å². The largest absolute Gasteiger partial charge is 0.248 e. The molecule has 0 amide bonds. The number of nitrogens with zero attached hydrogens (tertiary/aromatic N) is 1. The maximum atomic E-state index is 11.5. The molecule has 0 radical (unpaired) electrons. The number of alkyl halides is 1. The zero-order chi connectivity index (χ0) is 11.3. The molecule has 0 bridgehead atoms. The van der Waals surface area contributed by atoms with Crippen LogP contribution in [0.3, 0.4) is 0 Å². The van der Waals surface area contributed by atoms with Crippen LogP contribution in [0.1, 0.15) is 24.4 Å². The van der Waals surface area contributed by atoms with Gasteiger partial charge in [0.05, 0.1) is 11.8 Å². The van der Waals surface area contributed by atoms with Crippen LogP contribution in [0.2, 0.25) is 0 Å². The number of halogens is 1. The van der Waals surface area contributed by atoms with Crippen molar-refractivity contribution in [3.63, 3.8) is 0 Å². The molecule has 4 nitrogen and oxygen atoms in total. The molecule has 0 saturated heterocycles. The van der Waals surface area contributed by atoms with E-state index in [-0.39, 0.29) is 11.8 Å². The van der Waals surface area contributed by atoms with Crippen molar-refractivity contribution < 1.29 is 8.42 Å². The molecule has 1 atom stereocenters. The summed E-state index contributed by atoms with van der Waals surface area (Å²) in [5, 5.41) is 2.59. The number of aromatic nitrogens is 1. The summed E-state index contributed by atoms with van der Waals surface area (Å²) in [6.07, 6.45) is 2.12. The molecular formula is C8H13ClN2O2S2. The second kappa shape index (κ2) is 5.79. The second-order valence-corrected chi connectivity index (χ2v) is 6.25. The number of nitrogens with one attached hydrogen (secondary N) is 1. The summed E-state index contributed by atoms with van der Waals surface area (Å²) in [6.45, 7) is 1.77. The molecule has 1 aromatic heterocycles. The van der Waals surface area contributed by atoms with Gasteiger partial charge in [-0.3, -0.25) is 0 Å². The molecule has 0 saturated carbocycles. The quantitative estimate of drug-likeness (QED) is 0.800. The molecule has 0 aliphatic carbocycles. The van der Waals surface area contributed by atoms with Crippen LogP contribution in [0.15, 0.2) is 11.6 Å². The maximum Gasteiger partial charge on any atom is 0.212 e. The Morgan fingerprint density at radius 1 is 1.67 bits per heavy atom. The van der Waals surface area contributed by atoms with Gasteiger partial charge in [-0.1, -0.05) is 0 Å². The lowest BCUT2D eigenvalue weighted by atomic mass is 10.4. The normalized spacial score (nSPS) is 14.0. The molecule has 1 aromatic rings. The highest BCUT2D eigenvalue weighted by molar-refractivity contribution is 7.89. The summed E-state index contributed by atoms with van der Waals surface area (Å²) >= 11 is 6.87. The highest BCUT2D eigenvalue weighted by Crippen LogP contribution is 2.15. The molecule has 1 heterocycles. The van der Waals surface area contributed by atoms with Crippen LogP contribution in [0, 0.1) is 0 Å². The van der Waals surface area contributed by atoms with Crippen molar-refractivity contribution in [2.75, 3.05) is 11.6 Å². The van der Waals surface area contributed by atoms with Gasteiger partial charge in [-0.05, 0) is 13.3 Å². The molecule has 15 heavy (non-hydrogen) atoms. The van der Waals surface area contributed by atoms with Crippen molar-refractivity contribution in [3.05, 3.63) is 16.6 Å². The molecule has 1 rings (SSSR count). The maximum absolute atomic E-state index is 11.5. The van der Waals surface area contributed by atoms with Gasteiger partial charge in [0.1, 0.15) is 5.01 Å². The van der Waals surface area contributed by atoms with Crippen molar-refractivity contribution >= 4 is 33.0 Å². The first-order valence-corrected chi connectivity index (χ1v) is 7.57. The van der Waals surface area contributed by atoms with E-state index in [0.29, 0.717) is 12.3 Å². The third-order valence-corrected chi connectivity index (χ3v) is 4.49. The molecule has 0 fully saturated rings. The Hall–Kier alpha value is -0.170. The monoisotopic (exact) mass is 268 g/mol. The molecule has 0 spiro atoms. The van der Waals surface area contributed by atoms with Crippen LogP contribution >= 0.6 is 22.9 Å². The third kappa shape index (κ3) is 4.46. The van der Waals surface area contributed by atoms with E-state index in [1.165, 1.54) is 11.3 Å². The molecule has 7 heteroatoms. The first-order chi connectivity index (χ1) is 7.05. The highest BCUT2D eigenvalue weighted by atomic mass is 35.5. The van der Waals surface area contributed by atoms with Crippen LogP contribution in [-0.2, 0) is 10.0 Å². The molecule has 0 aliphatic rings. The van der Waals surface area contributed by atoms with Crippen LogP contribution in [0.4, 0.5) is 0 Å². The van der Waals surface area contributed by atoms with Crippen molar-refractivity contribution in [2.45, 2.75) is 19.4 Å². The van der Waals surface area contributed by atoms with E-state index in [4.69, 9.17) is 11.6 Å². The fourth-order valence-electron chi connectivity index (χ4n) is 1.07. The van der Waals surface area contributed by atoms with E-state index in [9.17, 15) is 8.42 Å². The lowest BCUT2D eigenvalue weighted by Gasteiger charge is -2.11. The molecule has 86 valence electrons. The Morgan fingerprint density at radius 2 is 2.40 bits per heavy atom. The van der Waals surface area contributed by atoms with Gasteiger partial charge in [-0.25, -0.2) is 18.1 Å². The van der Waals surface area contributed by atoms with Gasteiger partial charge in [-0.15, -0.1) is 22.9 Å². The average molecular weight is 269 g/mol. The minimum Gasteiger partial charge on any atom is -0.248 e. The zero-order valence-corrected chi connectivity index (χ0v) is 10.7. The minimum atomic E-state index is -3.24. The smallest absolute Gasteiger partial charge is 0.212 e. The predicted molar refractivity (Wildman–Crippen MR) is 62.8 cm³/mol. The standard InChI is InChI=1S/C8H13ClN2O2S2/c1-7(8-10-4-5-14-8)11-15(12,13)6-2-3-9/h4-5,7,11H,2-3,6H2,1H3. The Labute approximate surface area is 98.7 Å². The number of hydrogen-bond donors (Lipinski definition) is 1. The topological polar surface area (TPSA) is 59.1 Å². The first kappa shape index (κ1) is 12.9. The van der Waals surface area contributed by atoms with Crippen LogP contribution < -0.4 is 4.72 Å². The van der Waals surface area contributed by atoms with E-state index in [1.54, 1.807) is 13.1 Å². The predicted octanol–water partition coefficient (Wildman–Crippen LogP) is 1.75. The van der Waals surface area contributed by atoms with Crippen LogP contribution in [-0.4, -0.2) is 25.0 Å². The van der Waals surface area contributed by atoms with E-state index in [0.717, 1.165) is 5.01 Å². The summed E-state index contributed by atoms with van der Waals surface area (Å²) in [5.74, 6) is 0.415. The molecule has 0 aromatic carbocycles. The molecular weight excluding hydrogens is 256 g/mol. The zero-order valence-electron chi connectivity index (χ0n) is 8.31. The third-order valence-electron chi connectivity index (χ3n) is 1.72. The van der Waals surface area contributed by atoms with E-state index >= 15 is 0 Å². The fourth-order valence-corrected chi connectivity index (χ4v) is 3.38. The molecule has 1 unspecified atom stereocenters. The first-order valence-electron chi connectivity index (χ1n) is 4.50. The van der Waals surface area contributed by atoms with E-state index in [2.05, 4.69) is 9.71 Å². The van der Waals surface area contributed by atoms with Crippen molar-refractivity contribution in [3.8, 4) is 0 Å². The lowest BCUT2D eigenvalue weighted by Crippen LogP contribution is -2.29. The number of thiazole rings is 1. The van der Waals surface area contributed by atoms with Crippen LogP contribution in [0.25, 0.3) is 0 Å². The van der Waals surface area contributed by atoms with Crippen LogP contribution in [0.5, 0.6) is 0 Å². The van der Waals surface area contributed by atoms with E-state index in [1.807, 2.05) is 5.38 Å². The minimum absolute atomic E-state index is 0.0617. The van der Waals surface area contributed by atoms with Gasteiger partial charge < -0.3 is 0 Å². The van der Waals surface area contributed by atoms with Gasteiger partial charge in [-0.2, -0.15) is 0 Å². The summed E-state index contributed by atoms with van der Waals surface area (Å²) < 4.78 is 25.6. The van der Waals surface area contributed by atoms with Crippen molar-refractivity contribution in [1.82, 2.24) is 9.71 Å². The number of sulfonamides is 1. The SMILES string of the molecule is CC(NS(=O)(=O)CCCCl)c1nccs1. The highest BCUT2D eigenvalue weighted by Gasteiger charge is 2.16. The summed E-state index contributed by atoms with van der Waals surface area (Å²) in [7, 11) is -3.24. The van der Waals surface area contributed by atoms with Crippen molar-refractivity contribution in [1.29, 1.82) is 0 Å². The molecule has 0 aliphatic heterocycles. The summed E-state index contributed by atoms with van der Waals surface area (Å²) in [6, 6.07) is -0.273. The van der Waals surface area contributed by atoms with Crippen molar-refractivity contribution in [2.24, 2.45) is 0 Å². The Morgan fingerprint density at radius 3 is 2.93 bits per heavy atom. The van der Waals surface area contributed by atoms with Gasteiger partial charge >= 0.3 is 0 Å². The fraction of sp³-hybridized carbons (Fsp3) is 0.625. The van der Waals surface area contributed by atoms with Gasteiger partial charge in [0, 0.05) is 17.5 Å². The Bertz CT molecular complexity index is 377. The van der Waals surface area contributed by atoms with Gasteiger partial charge in [0.25, 0.3) is 0 Å². The van der Waals surface area contributed by atoms with Gasteiger partial charge in [0.15, 0.2) is 0 Å². The van der Waals surface area contributed by atoms with E-state index < -0.39 is 10.0 Å². The molecule has 1 N–H and O–H groups in total. The second-order valence-electron chi connectivity index (χ2n) is 3.07. The Kier molecular flexibility index (Phi) is 4.98.